The predicted molar refractivity (Wildman–Crippen MR) is 166 cm³/mol. The number of carboxylic acid groups (broad SMARTS) is 3. The van der Waals surface area contributed by atoms with Gasteiger partial charge in [-0.05, 0) is 25.7 Å². The van der Waals surface area contributed by atoms with Gasteiger partial charge in [-0.25, -0.2) is 0 Å². The summed E-state index contributed by atoms with van der Waals surface area (Å²) in [5.41, 5.74) is 0. The Hall–Kier alpha value is -2.24. The quantitative estimate of drug-likeness (QED) is 0.0693. The van der Waals surface area contributed by atoms with Crippen molar-refractivity contribution in [3.8, 4) is 0 Å². The van der Waals surface area contributed by atoms with E-state index in [0.717, 1.165) is 11.3 Å². The Kier molecular flexibility index (Phi) is 28.3. The van der Waals surface area contributed by atoms with Crippen molar-refractivity contribution in [2.75, 3.05) is 46.1 Å². The molecular weight excluding hydrogens is 556 g/mol. The molecule has 0 aromatic heterocycles. The number of ether oxygens (including phenoxy) is 2. The molecule has 0 heterocycles. The van der Waals surface area contributed by atoms with Gasteiger partial charge in [0, 0.05) is 13.2 Å². The van der Waals surface area contributed by atoms with E-state index < -0.39 is 37.0 Å². The maximum absolute atomic E-state index is 11.9. The first-order chi connectivity index (χ1) is 20.8. The molecule has 0 saturated heterocycles. The van der Waals surface area contributed by atoms with Crippen molar-refractivity contribution < 1.29 is 44.0 Å². The lowest BCUT2D eigenvalue weighted by atomic mass is 10.0. The summed E-state index contributed by atoms with van der Waals surface area (Å²) in [4.78, 5) is 46.2. The predicted octanol–water partition coefficient (Wildman–Crippen LogP) is 5.49. The van der Waals surface area contributed by atoms with Gasteiger partial charge < -0.3 is 30.1 Å². The van der Waals surface area contributed by atoms with E-state index in [4.69, 9.17) is 19.7 Å². The molecule has 1 amide bonds. The van der Waals surface area contributed by atoms with Gasteiger partial charge in [0.1, 0.15) is 12.6 Å². The third-order valence-corrected chi connectivity index (χ3v) is 7.38. The third kappa shape index (κ3) is 28.3. The SMILES string of the molecule is CCCCCCCCCCCCCCCCCCOCCOCC(=O)NCCCC[C@@H](C(=O)O)N(CC(=O)O)CC(=O)O. The molecule has 0 aliphatic rings. The van der Waals surface area contributed by atoms with Crippen LogP contribution in [0.25, 0.3) is 0 Å². The Labute approximate surface area is 259 Å². The smallest absolute Gasteiger partial charge is 0.320 e. The van der Waals surface area contributed by atoms with E-state index in [0.29, 0.717) is 39.2 Å². The van der Waals surface area contributed by atoms with Crippen LogP contribution in [-0.2, 0) is 28.7 Å². The second kappa shape index (κ2) is 29.8. The molecule has 0 aromatic carbocycles. The summed E-state index contributed by atoms with van der Waals surface area (Å²) in [6, 6.07) is -1.23. The summed E-state index contributed by atoms with van der Waals surface area (Å²) < 4.78 is 10.9. The van der Waals surface area contributed by atoms with Crippen molar-refractivity contribution in [1.29, 1.82) is 0 Å². The summed E-state index contributed by atoms with van der Waals surface area (Å²) >= 11 is 0. The number of amides is 1. The molecule has 0 unspecified atom stereocenters. The van der Waals surface area contributed by atoms with E-state index >= 15 is 0 Å². The number of nitrogens with one attached hydrogen (secondary N) is 1. The van der Waals surface area contributed by atoms with Gasteiger partial charge in [0.05, 0.1) is 26.3 Å². The number of carbonyl (C=O) groups excluding carboxylic acids is 1. The molecule has 0 fully saturated rings. The lowest BCUT2D eigenvalue weighted by Gasteiger charge is -2.25. The highest BCUT2D eigenvalue weighted by Gasteiger charge is 2.28. The molecule has 0 aliphatic heterocycles. The molecular formula is C32H60N2O9. The average molecular weight is 617 g/mol. The summed E-state index contributed by atoms with van der Waals surface area (Å²) in [7, 11) is 0. The summed E-state index contributed by atoms with van der Waals surface area (Å²) in [6.07, 6.45) is 22.2. The number of carboxylic acids is 3. The van der Waals surface area contributed by atoms with Crippen LogP contribution in [0.15, 0.2) is 0 Å². The van der Waals surface area contributed by atoms with Crippen molar-refractivity contribution in [1.82, 2.24) is 10.2 Å². The van der Waals surface area contributed by atoms with E-state index in [2.05, 4.69) is 12.2 Å². The molecule has 252 valence electrons. The van der Waals surface area contributed by atoms with Gasteiger partial charge in [0.25, 0.3) is 0 Å². The number of aliphatic carboxylic acids is 3. The molecule has 11 heteroatoms. The van der Waals surface area contributed by atoms with E-state index in [1.165, 1.54) is 96.3 Å². The number of hydrogen-bond acceptors (Lipinski definition) is 7. The molecule has 0 aromatic rings. The second-order valence-corrected chi connectivity index (χ2v) is 11.4. The first-order valence-corrected chi connectivity index (χ1v) is 16.6. The largest absolute Gasteiger partial charge is 0.480 e. The summed E-state index contributed by atoms with van der Waals surface area (Å²) in [6.45, 7) is 2.58. The van der Waals surface area contributed by atoms with E-state index in [-0.39, 0.29) is 18.9 Å². The van der Waals surface area contributed by atoms with E-state index in [1.54, 1.807) is 0 Å². The maximum Gasteiger partial charge on any atom is 0.320 e. The number of hydrogen-bond donors (Lipinski definition) is 4. The zero-order valence-corrected chi connectivity index (χ0v) is 26.7. The number of nitrogens with zero attached hydrogens (tertiary/aromatic N) is 1. The third-order valence-electron chi connectivity index (χ3n) is 7.38. The molecule has 43 heavy (non-hydrogen) atoms. The highest BCUT2D eigenvalue weighted by Crippen LogP contribution is 2.14. The number of carbonyl (C=O) groups is 4. The second-order valence-electron chi connectivity index (χ2n) is 11.4. The van der Waals surface area contributed by atoms with Crippen molar-refractivity contribution in [3.63, 3.8) is 0 Å². The molecule has 0 bridgehead atoms. The van der Waals surface area contributed by atoms with Crippen LogP contribution in [0.3, 0.4) is 0 Å². The lowest BCUT2D eigenvalue weighted by Crippen LogP contribution is -2.46. The molecule has 11 nitrogen and oxygen atoms in total. The van der Waals surface area contributed by atoms with Gasteiger partial charge in [-0.15, -0.1) is 0 Å². The topological polar surface area (TPSA) is 163 Å². The average Bonchev–Trinajstić information content (AvgIpc) is 2.94. The van der Waals surface area contributed by atoms with Crippen LogP contribution in [-0.4, -0.2) is 96.1 Å². The van der Waals surface area contributed by atoms with Gasteiger partial charge >= 0.3 is 17.9 Å². The van der Waals surface area contributed by atoms with Crippen LogP contribution in [0, 0.1) is 0 Å². The van der Waals surface area contributed by atoms with E-state index in [9.17, 15) is 24.3 Å². The number of rotatable bonds is 33. The Bertz CT molecular complexity index is 705. The van der Waals surface area contributed by atoms with Crippen molar-refractivity contribution in [3.05, 3.63) is 0 Å². The molecule has 0 aliphatic carbocycles. The summed E-state index contributed by atoms with van der Waals surface area (Å²) in [5, 5.41) is 29.9. The Morgan fingerprint density at radius 2 is 1.07 bits per heavy atom. The zero-order valence-electron chi connectivity index (χ0n) is 26.7. The zero-order chi connectivity index (χ0) is 32.0. The minimum Gasteiger partial charge on any atom is -0.480 e. The Morgan fingerprint density at radius 1 is 0.605 bits per heavy atom. The monoisotopic (exact) mass is 616 g/mol. The normalized spacial score (nSPS) is 12.0. The highest BCUT2D eigenvalue weighted by atomic mass is 16.5. The molecule has 0 rings (SSSR count). The minimum absolute atomic E-state index is 0.0685. The Balaban J connectivity index is 3.55. The fourth-order valence-corrected chi connectivity index (χ4v) is 4.96. The van der Waals surface area contributed by atoms with Crippen molar-refractivity contribution in [2.45, 2.75) is 135 Å². The van der Waals surface area contributed by atoms with Gasteiger partial charge in [-0.3, -0.25) is 24.1 Å². The summed E-state index contributed by atoms with van der Waals surface area (Å²) in [5.74, 6) is -4.17. The number of unbranched alkanes of at least 4 members (excludes halogenated alkanes) is 16. The van der Waals surface area contributed by atoms with Crippen LogP contribution in [0.1, 0.15) is 129 Å². The van der Waals surface area contributed by atoms with E-state index in [1.807, 2.05) is 0 Å². The molecule has 4 N–H and O–H groups in total. The van der Waals surface area contributed by atoms with Gasteiger partial charge in [-0.2, -0.15) is 0 Å². The maximum atomic E-state index is 11.9. The van der Waals surface area contributed by atoms with Crippen LogP contribution in [0.5, 0.6) is 0 Å². The van der Waals surface area contributed by atoms with Crippen molar-refractivity contribution in [2.24, 2.45) is 0 Å². The van der Waals surface area contributed by atoms with Crippen molar-refractivity contribution >= 4 is 23.8 Å². The lowest BCUT2D eigenvalue weighted by molar-refractivity contribution is -0.149. The molecule has 0 saturated carbocycles. The Morgan fingerprint density at radius 3 is 1.53 bits per heavy atom. The first kappa shape index (κ1) is 40.8. The highest BCUT2D eigenvalue weighted by molar-refractivity contribution is 5.78. The fraction of sp³-hybridized carbons (Fsp3) is 0.875. The van der Waals surface area contributed by atoms with Crippen LogP contribution >= 0.6 is 0 Å². The van der Waals surface area contributed by atoms with Crippen LogP contribution in [0.2, 0.25) is 0 Å². The standard InChI is InChI=1S/C32H60N2O9/c1-2-3-4-5-6-7-8-9-10-11-12-13-14-15-16-19-22-42-23-24-43-27-29(35)33-21-18-17-20-28(32(40)41)34(25-30(36)37)26-31(38)39/h28H,2-27H2,1H3,(H,33,35)(H,36,37)(H,38,39)(H,40,41)/t28-/m0/s1. The first-order valence-electron chi connectivity index (χ1n) is 16.6. The van der Waals surface area contributed by atoms with Gasteiger partial charge in [-0.1, -0.05) is 103 Å². The molecule has 0 spiro atoms. The van der Waals surface area contributed by atoms with Crippen LogP contribution in [0.4, 0.5) is 0 Å². The van der Waals surface area contributed by atoms with Gasteiger partial charge in [0.2, 0.25) is 5.91 Å². The van der Waals surface area contributed by atoms with Crippen LogP contribution < -0.4 is 5.32 Å². The molecule has 1 atom stereocenters. The van der Waals surface area contributed by atoms with Gasteiger partial charge in [0.15, 0.2) is 0 Å². The minimum atomic E-state index is -1.30. The fourth-order valence-electron chi connectivity index (χ4n) is 4.96. The molecule has 0 radical (unpaired) electrons.